The number of carbonyl (C=O) groups is 1. The molecule has 1 atom stereocenters. The van der Waals surface area contributed by atoms with Gasteiger partial charge >= 0.3 is 0 Å². The van der Waals surface area contributed by atoms with Gasteiger partial charge < -0.3 is 24.5 Å². The summed E-state index contributed by atoms with van der Waals surface area (Å²) in [6, 6.07) is 5.53. The molecule has 1 fully saturated rings. The fourth-order valence-corrected chi connectivity index (χ4v) is 2.62. The van der Waals surface area contributed by atoms with Crippen LogP contribution in [0.25, 0.3) is 0 Å². The van der Waals surface area contributed by atoms with Crippen molar-refractivity contribution in [1.29, 1.82) is 0 Å². The van der Waals surface area contributed by atoms with Crippen LogP contribution in [0.2, 0.25) is 0 Å². The van der Waals surface area contributed by atoms with Gasteiger partial charge in [-0.15, -0.1) is 0 Å². The number of hydrogen-bond donors (Lipinski definition) is 2. The minimum absolute atomic E-state index is 0.0576. The predicted molar refractivity (Wildman–Crippen MR) is 86.5 cm³/mol. The van der Waals surface area contributed by atoms with Gasteiger partial charge in [0.2, 0.25) is 5.91 Å². The summed E-state index contributed by atoms with van der Waals surface area (Å²) >= 11 is 0. The molecule has 1 aliphatic heterocycles. The normalized spacial score (nSPS) is 21.0. The smallest absolute Gasteiger partial charge is 0.228 e. The van der Waals surface area contributed by atoms with Gasteiger partial charge in [-0.1, -0.05) is 0 Å². The Morgan fingerprint density at radius 2 is 2.24 bits per heavy atom. The molecule has 7 nitrogen and oxygen atoms in total. The quantitative estimate of drug-likeness (QED) is 0.832. The molecule has 134 valence electrons. The van der Waals surface area contributed by atoms with E-state index in [9.17, 15) is 14.3 Å². The van der Waals surface area contributed by atoms with Crippen LogP contribution < -0.4 is 4.74 Å². The van der Waals surface area contributed by atoms with Gasteiger partial charge in [0.15, 0.2) is 0 Å². The molecule has 8 heteroatoms. The lowest BCUT2D eigenvalue weighted by Crippen LogP contribution is -2.50. The van der Waals surface area contributed by atoms with Crippen LogP contribution in [0.3, 0.4) is 0 Å². The highest BCUT2D eigenvalue weighted by Crippen LogP contribution is 2.18. The van der Waals surface area contributed by atoms with Gasteiger partial charge in [-0.3, -0.25) is 4.79 Å². The average Bonchev–Trinajstić information content (AvgIpc) is 3.02. The molecule has 25 heavy (non-hydrogen) atoms. The molecule has 0 aliphatic carbocycles. The van der Waals surface area contributed by atoms with Gasteiger partial charge in [-0.25, -0.2) is 9.37 Å². The van der Waals surface area contributed by atoms with E-state index in [0.29, 0.717) is 24.6 Å². The molecule has 1 aromatic carbocycles. The van der Waals surface area contributed by atoms with Crippen LogP contribution in [0.1, 0.15) is 5.69 Å². The van der Waals surface area contributed by atoms with Crippen LogP contribution in [-0.2, 0) is 16.0 Å². The van der Waals surface area contributed by atoms with E-state index in [2.05, 4.69) is 9.97 Å². The number of H-pyrrole nitrogens is 1. The zero-order valence-corrected chi connectivity index (χ0v) is 13.7. The number of carbonyl (C=O) groups excluding carboxylic acids is 1. The summed E-state index contributed by atoms with van der Waals surface area (Å²) in [5, 5.41) is 10.8. The number of nitrogens with one attached hydrogen (secondary N) is 1. The first-order valence-electron chi connectivity index (χ1n) is 7.98. The molecule has 2 N–H and O–H groups in total. The summed E-state index contributed by atoms with van der Waals surface area (Å²) in [6.07, 6.45) is 3.28. The monoisotopic (exact) mass is 349 g/mol. The summed E-state index contributed by atoms with van der Waals surface area (Å²) in [7, 11) is 0. The van der Waals surface area contributed by atoms with Gasteiger partial charge in [0.1, 0.15) is 23.8 Å². The van der Waals surface area contributed by atoms with Crippen molar-refractivity contribution >= 4 is 5.91 Å². The fraction of sp³-hybridized carbons (Fsp3) is 0.412. The number of aromatic amines is 1. The van der Waals surface area contributed by atoms with Crippen molar-refractivity contribution in [2.75, 3.05) is 32.9 Å². The van der Waals surface area contributed by atoms with Crippen LogP contribution in [-0.4, -0.2) is 64.4 Å². The summed E-state index contributed by atoms with van der Waals surface area (Å²) in [4.78, 5) is 20.8. The molecule has 3 rings (SSSR count). The Hall–Kier alpha value is -2.45. The van der Waals surface area contributed by atoms with Crippen molar-refractivity contribution in [3.05, 3.63) is 48.3 Å². The van der Waals surface area contributed by atoms with Crippen molar-refractivity contribution in [3.8, 4) is 5.75 Å². The first-order chi connectivity index (χ1) is 12.0. The van der Waals surface area contributed by atoms with Gasteiger partial charge in [-0.05, 0) is 24.3 Å². The molecule has 1 amide bonds. The third-order valence-electron chi connectivity index (χ3n) is 3.93. The Kier molecular flexibility index (Phi) is 5.30. The Labute approximate surface area is 144 Å². The fourth-order valence-electron chi connectivity index (χ4n) is 2.62. The van der Waals surface area contributed by atoms with Crippen LogP contribution in [0, 0.1) is 5.82 Å². The van der Waals surface area contributed by atoms with Gasteiger partial charge in [0.25, 0.3) is 0 Å². The number of aromatic nitrogens is 2. The molecule has 0 bridgehead atoms. The zero-order chi connectivity index (χ0) is 17.7. The van der Waals surface area contributed by atoms with E-state index in [-0.39, 0.29) is 37.9 Å². The number of halogens is 1. The molecule has 1 aromatic heterocycles. The van der Waals surface area contributed by atoms with E-state index >= 15 is 0 Å². The molecule has 0 saturated carbocycles. The number of amides is 1. The lowest BCUT2D eigenvalue weighted by atomic mass is 10.1. The second-order valence-corrected chi connectivity index (χ2v) is 6.09. The van der Waals surface area contributed by atoms with Gasteiger partial charge in [-0.2, -0.15) is 0 Å². The molecule has 1 saturated heterocycles. The minimum atomic E-state index is -1.34. The number of nitrogens with zero attached hydrogens (tertiary/aromatic N) is 2. The zero-order valence-electron chi connectivity index (χ0n) is 13.7. The highest BCUT2D eigenvalue weighted by atomic mass is 19.1. The van der Waals surface area contributed by atoms with Crippen molar-refractivity contribution in [1.82, 2.24) is 14.9 Å². The van der Waals surface area contributed by atoms with Crippen molar-refractivity contribution in [2.45, 2.75) is 12.0 Å². The second-order valence-electron chi connectivity index (χ2n) is 6.09. The van der Waals surface area contributed by atoms with Crippen LogP contribution in [0.5, 0.6) is 5.75 Å². The summed E-state index contributed by atoms with van der Waals surface area (Å²) < 4.78 is 23.9. The second kappa shape index (κ2) is 7.62. The summed E-state index contributed by atoms with van der Waals surface area (Å²) in [5.41, 5.74) is -0.629. The van der Waals surface area contributed by atoms with Crippen molar-refractivity contribution in [3.63, 3.8) is 0 Å². The standard InChI is InChI=1S/C17H20FN3O4/c18-13-1-3-15(4-2-13)25-11-17(23)9-21(5-6-24-10-17)16(22)7-14-8-19-12-20-14/h1-4,8,12,23H,5-7,9-11H2,(H,19,20). The molecule has 1 aliphatic rings. The lowest BCUT2D eigenvalue weighted by Gasteiger charge is -2.30. The summed E-state index contributed by atoms with van der Waals surface area (Å²) in [6.45, 7) is 0.828. The predicted octanol–water partition coefficient (Wildman–Crippen LogP) is 0.760. The van der Waals surface area contributed by atoms with Crippen LogP contribution in [0.4, 0.5) is 4.39 Å². The van der Waals surface area contributed by atoms with E-state index in [1.165, 1.54) is 30.6 Å². The van der Waals surface area contributed by atoms with Gasteiger partial charge in [0, 0.05) is 18.4 Å². The molecular formula is C17H20FN3O4. The van der Waals surface area contributed by atoms with Crippen molar-refractivity contribution < 1.29 is 23.8 Å². The summed E-state index contributed by atoms with van der Waals surface area (Å²) in [5.74, 6) is -0.0520. The van der Waals surface area contributed by atoms with E-state index in [1.807, 2.05) is 0 Å². The van der Waals surface area contributed by atoms with E-state index in [4.69, 9.17) is 9.47 Å². The number of ether oxygens (including phenoxy) is 2. The van der Waals surface area contributed by atoms with E-state index < -0.39 is 5.60 Å². The third-order valence-corrected chi connectivity index (χ3v) is 3.93. The Balaban J connectivity index is 1.61. The first-order valence-corrected chi connectivity index (χ1v) is 7.98. The number of β-amino-alcohol motifs (C(OH)–C–C–N with tert-alkyl or cyclic N) is 1. The van der Waals surface area contributed by atoms with E-state index in [0.717, 1.165) is 0 Å². The molecular weight excluding hydrogens is 329 g/mol. The minimum Gasteiger partial charge on any atom is -0.490 e. The number of aliphatic hydroxyl groups is 1. The highest BCUT2D eigenvalue weighted by molar-refractivity contribution is 5.78. The maximum absolute atomic E-state index is 12.9. The maximum Gasteiger partial charge on any atom is 0.228 e. The topological polar surface area (TPSA) is 87.7 Å². The number of benzene rings is 1. The molecule has 2 heterocycles. The lowest BCUT2D eigenvalue weighted by molar-refractivity contribution is -0.134. The first kappa shape index (κ1) is 17.4. The average molecular weight is 349 g/mol. The number of imidazole rings is 1. The van der Waals surface area contributed by atoms with E-state index in [1.54, 1.807) is 11.1 Å². The largest absolute Gasteiger partial charge is 0.490 e. The Morgan fingerprint density at radius 3 is 2.96 bits per heavy atom. The Morgan fingerprint density at radius 1 is 1.44 bits per heavy atom. The third kappa shape index (κ3) is 4.77. The Bertz CT molecular complexity index is 692. The SMILES string of the molecule is O=C(Cc1cnc[nH]1)N1CCOCC(O)(COc2ccc(F)cc2)C1. The maximum atomic E-state index is 12.9. The van der Waals surface area contributed by atoms with Crippen LogP contribution in [0.15, 0.2) is 36.8 Å². The molecule has 0 spiro atoms. The van der Waals surface area contributed by atoms with Crippen LogP contribution >= 0.6 is 0 Å². The number of rotatable bonds is 5. The number of hydrogen-bond acceptors (Lipinski definition) is 5. The van der Waals surface area contributed by atoms with Crippen molar-refractivity contribution in [2.24, 2.45) is 0 Å². The van der Waals surface area contributed by atoms with Gasteiger partial charge in [0.05, 0.1) is 32.5 Å². The highest BCUT2D eigenvalue weighted by Gasteiger charge is 2.35. The molecule has 0 radical (unpaired) electrons. The molecule has 2 aromatic rings. The molecule has 1 unspecified atom stereocenters.